The molecule has 0 aromatic heterocycles. The van der Waals surface area contributed by atoms with E-state index in [0.29, 0.717) is 16.7 Å². The van der Waals surface area contributed by atoms with E-state index >= 15 is 0 Å². The largest absolute Gasteiger partial charge is 0.550 e. The predicted molar refractivity (Wildman–Crippen MR) is 100 cm³/mol. The fourth-order valence-electron chi connectivity index (χ4n) is 2.83. The summed E-state index contributed by atoms with van der Waals surface area (Å²) >= 11 is 0. The van der Waals surface area contributed by atoms with Crippen LogP contribution in [-0.4, -0.2) is 50.2 Å². The van der Waals surface area contributed by atoms with Crippen LogP contribution >= 0.6 is 0 Å². The van der Waals surface area contributed by atoms with Crippen molar-refractivity contribution < 1.29 is 19.2 Å². The van der Waals surface area contributed by atoms with Crippen LogP contribution < -0.4 is 15.7 Å². The lowest BCUT2D eigenvalue weighted by atomic mass is 10.0. The van der Waals surface area contributed by atoms with Gasteiger partial charge in [0.05, 0.1) is 39.4 Å². The van der Waals surface area contributed by atoms with Gasteiger partial charge in [0.1, 0.15) is 0 Å². The van der Waals surface area contributed by atoms with Crippen molar-refractivity contribution in [1.82, 2.24) is 5.32 Å². The topological polar surface area (TPSA) is 81.3 Å². The van der Waals surface area contributed by atoms with Crippen LogP contribution in [0.1, 0.15) is 6.42 Å². The number of carbonyl (C=O) groups excluding carboxylic acids is 2. The maximum Gasteiger partial charge on any atom is 0.319 e. The monoisotopic (exact) mass is 355 g/mol. The van der Waals surface area contributed by atoms with Crippen molar-refractivity contribution in [3.63, 3.8) is 0 Å². The van der Waals surface area contributed by atoms with Gasteiger partial charge in [-0.15, -0.1) is 0 Å². The van der Waals surface area contributed by atoms with Gasteiger partial charge in [0.15, 0.2) is 0 Å². The summed E-state index contributed by atoms with van der Waals surface area (Å²) in [5.41, 5.74) is 2.54. The van der Waals surface area contributed by atoms with Gasteiger partial charge in [-0.2, -0.15) is 0 Å². The van der Waals surface area contributed by atoms with Gasteiger partial charge in [-0.3, -0.25) is 0 Å². The number of nitrogens with zero attached hydrogens (tertiary/aromatic N) is 1. The summed E-state index contributed by atoms with van der Waals surface area (Å²) in [4.78, 5) is 23.4. The maximum absolute atomic E-state index is 12.4. The number of urea groups is 1. The highest BCUT2D eigenvalue weighted by atomic mass is 16.4. The standard InChI is InChI=1S/C20H25N3O3/c1-23(2,3)14-16(13-19(24)25)21-20(26)22-18-12-8-7-11-17(18)15-9-5-4-6-10-15/h4-12,16H,13-14H2,1-3H3,(H2-,21,22,24,25,26)/t16-/m1/s1. The zero-order valence-corrected chi connectivity index (χ0v) is 15.4. The molecule has 0 spiro atoms. The first-order valence-corrected chi connectivity index (χ1v) is 8.47. The molecule has 0 heterocycles. The van der Waals surface area contributed by atoms with Crippen LogP contribution in [0.25, 0.3) is 11.1 Å². The first-order valence-electron chi connectivity index (χ1n) is 8.47. The molecule has 2 rings (SSSR count). The van der Waals surface area contributed by atoms with Crippen molar-refractivity contribution >= 4 is 17.7 Å². The lowest BCUT2D eigenvalue weighted by molar-refractivity contribution is -0.871. The van der Waals surface area contributed by atoms with Crippen LogP contribution in [0.2, 0.25) is 0 Å². The molecule has 0 saturated carbocycles. The number of amides is 2. The minimum absolute atomic E-state index is 0.233. The van der Waals surface area contributed by atoms with E-state index in [0.717, 1.165) is 11.1 Å². The Morgan fingerprint density at radius 1 is 1.00 bits per heavy atom. The second-order valence-corrected chi connectivity index (χ2v) is 7.26. The van der Waals surface area contributed by atoms with Crippen LogP contribution in [0.15, 0.2) is 54.6 Å². The Bertz CT molecular complexity index is 754. The van der Waals surface area contributed by atoms with Gasteiger partial charge in [-0.05, 0) is 11.6 Å². The molecular formula is C20H25N3O3. The van der Waals surface area contributed by atoms with Gasteiger partial charge in [0.2, 0.25) is 0 Å². The number of nitrogens with one attached hydrogen (secondary N) is 2. The smallest absolute Gasteiger partial charge is 0.319 e. The minimum Gasteiger partial charge on any atom is -0.550 e. The Morgan fingerprint density at radius 2 is 1.62 bits per heavy atom. The average molecular weight is 355 g/mol. The van der Waals surface area contributed by atoms with E-state index in [1.165, 1.54) is 0 Å². The number of hydrogen-bond donors (Lipinski definition) is 2. The third-order valence-corrected chi connectivity index (χ3v) is 3.78. The number of carbonyl (C=O) groups is 2. The SMILES string of the molecule is C[N+](C)(C)C[C@@H](CC(=O)[O-])NC(=O)Nc1ccccc1-c1ccccc1. The maximum atomic E-state index is 12.4. The predicted octanol–water partition coefficient (Wildman–Crippen LogP) is 1.69. The van der Waals surface area contributed by atoms with Crippen molar-refractivity contribution in [3.05, 3.63) is 54.6 Å². The summed E-state index contributed by atoms with van der Waals surface area (Å²) in [5, 5.41) is 16.6. The molecule has 2 N–H and O–H groups in total. The second kappa shape index (κ2) is 8.49. The molecule has 2 aromatic rings. The number of rotatable bonds is 7. The van der Waals surface area contributed by atoms with Gasteiger partial charge in [0.25, 0.3) is 0 Å². The van der Waals surface area contributed by atoms with Crippen molar-refractivity contribution in [2.45, 2.75) is 12.5 Å². The number of carboxylic acid groups (broad SMARTS) is 1. The van der Waals surface area contributed by atoms with E-state index < -0.39 is 18.0 Å². The summed E-state index contributed by atoms with van der Waals surface area (Å²) < 4.78 is 0.527. The van der Waals surface area contributed by atoms with E-state index in [-0.39, 0.29) is 6.42 Å². The number of benzene rings is 2. The quantitative estimate of drug-likeness (QED) is 0.742. The van der Waals surface area contributed by atoms with Crippen molar-refractivity contribution in [1.29, 1.82) is 0 Å². The average Bonchev–Trinajstić information content (AvgIpc) is 2.53. The van der Waals surface area contributed by atoms with Crippen LogP contribution in [0.4, 0.5) is 10.5 Å². The molecule has 0 aliphatic heterocycles. The normalized spacial score (nSPS) is 12.3. The summed E-state index contributed by atoms with van der Waals surface area (Å²) in [7, 11) is 5.81. The van der Waals surface area contributed by atoms with E-state index in [1.807, 2.05) is 75.7 Å². The Labute approximate surface area is 154 Å². The van der Waals surface area contributed by atoms with Crippen molar-refractivity contribution in [2.75, 3.05) is 33.0 Å². The van der Waals surface area contributed by atoms with Gasteiger partial charge < -0.3 is 25.0 Å². The molecule has 1 atom stereocenters. The van der Waals surface area contributed by atoms with Gasteiger partial charge in [0, 0.05) is 18.0 Å². The number of aliphatic carboxylic acids is 1. The molecule has 0 aliphatic carbocycles. The molecule has 138 valence electrons. The van der Waals surface area contributed by atoms with Crippen LogP contribution in [0.3, 0.4) is 0 Å². The van der Waals surface area contributed by atoms with Gasteiger partial charge in [-0.1, -0.05) is 48.5 Å². The van der Waals surface area contributed by atoms with Crippen LogP contribution in [-0.2, 0) is 4.79 Å². The summed E-state index contributed by atoms with van der Waals surface area (Å²) in [6.45, 7) is 0.474. The zero-order chi connectivity index (χ0) is 19.2. The van der Waals surface area contributed by atoms with E-state index in [9.17, 15) is 14.7 Å². The van der Waals surface area contributed by atoms with Crippen molar-refractivity contribution in [2.24, 2.45) is 0 Å². The molecule has 6 nitrogen and oxygen atoms in total. The van der Waals surface area contributed by atoms with E-state index in [1.54, 1.807) is 0 Å². The third-order valence-electron chi connectivity index (χ3n) is 3.78. The lowest BCUT2D eigenvalue weighted by Crippen LogP contribution is -2.51. The highest BCUT2D eigenvalue weighted by Crippen LogP contribution is 2.27. The highest BCUT2D eigenvalue weighted by Gasteiger charge is 2.21. The molecule has 26 heavy (non-hydrogen) atoms. The summed E-state index contributed by atoms with van der Waals surface area (Å²) in [5.74, 6) is -1.19. The number of anilines is 1. The molecule has 0 saturated heterocycles. The molecule has 0 fully saturated rings. The molecule has 2 amide bonds. The fourth-order valence-corrected chi connectivity index (χ4v) is 2.83. The number of quaternary nitrogens is 1. The Balaban J connectivity index is 2.13. The number of likely N-dealkylation sites (N-methyl/N-ethyl adjacent to an activating group) is 1. The van der Waals surface area contributed by atoms with E-state index in [4.69, 9.17) is 0 Å². The van der Waals surface area contributed by atoms with Gasteiger partial charge in [-0.25, -0.2) is 4.79 Å². The molecule has 0 unspecified atom stereocenters. The zero-order valence-electron chi connectivity index (χ0n) is 15.4. The van der Waals surface area contributed by atoms with E-state index in [2.05, 4.69) is 10.6 Å². The lowest BCUT2D eigenvalue weighted by Gasteiger charge is -2.30. The number of para-hydroxylation sites is 1. The number of carboxylic acids is 1. The molecule has 2 aromatic carbocycles. The third kappa shape index (κ3) is 6.22. The molecule has 0 aliphatic rings. The minimum atomic E-state index is -1.19. The molecular weight excluding hydrogens is 330 g/mol. The van der Waals surface area contributed by atoms with Crippen LogP contribution in [0.5, 0.6) is 0 Å². The number of hydrogen-bond acceptors (Lipinski definition) is 3. The second-order valence-electron chi connectivity index (χ2n) is 7.26. The first-order chi connectivity index (χ1) is 12.2. The summed E-state index contributed by atoms with van der Waals surface area (Å²) in [6, 6.07) is 16.3. The fraction of sp³-hybridized carbons (Fsp3) is 0.300. The molecule has 6 heteroatoms. The first kappa shape index (κ1) is 19.5. The van der Waals surface area contributed by atoms with Gasteiger partial charge >= 0.3 is 6.03 Å². The van der Waals surface area contributed by atoms with Crippen LogP contribution in [0, 0.1) is 0 Å². The Morgan fingerprint density at radius 3 is 2.23 bits per heavy atom. The van der Waals surface area contributed by atoms with Crippen molar-refractivity contribution in [3.8, 4) is 11.1 Å². The Kier molecular flexibility index (Phi) is 6.36. The molecule has 0 radical (unpaired) electrons. The Hall–Kier alpha value is -2.86. The summed E-state index contributed by atoms with van der Waals surface area (Å²) in [6.07, 6.45) is -0.233. The highest BCUT2D eigenvalue weighted by molar-refractivity contribution is 5.94. The molecule has 0 bridgehead atoms.